The molecule has 0 heterocycles. The Bertz CT molecular complexity index is 1380. The fourth-order valence-corrected chi connectivity index (χ4v) is 6.03. The summed E-state index contributed by atoms with van der Waals surface area (Å²) in [7, 11) is 1.38. The van der Waals surface area contributed by atoms with E-state index in [2.05, 4.69) is 111 Å². The van der Waals surface area contributed by atoms with Crippen LogP contribution in [0, 0.1) is 0 Å². The number of hydrogen-bond donors (Lipinski definition) is 1. The molecule has 0 saturated heterocycles. The molecule has 0 aromatic heterocycles. The van der Waals surface area contributed by atoms with Crippen LogP contribution in [-0.2, 0) is 32.7 Å². The van der Waals surface area contributed by atoms with Gasteiger partial charge in [-0.3, -0.25) is 18.6 Å². The maximum Gasteiger partial charge on any atom is 0.472 e. The molecule has 0 fully saturated rings. The maximum atomic E-state index is 12.7. The van der Waals surface area contributed by atoms with Crippen LogP contribution >= 0.6 is 7.82 Å². The standard InChI is InChI=1S/C50H82NO8P/c1-6-8-10-12-14-16-18-20-22-24-25-27-29-31-33-35-37-39-41-43-50(53)59-48(47-58-60(54,55)57-45-44-51(3,4)5)46-56-49(52)42-40-38-36-34-32-30-28-26-23-21-19-17-15-13-11-9-7-2/h8,10,14,16,20-23,25,27-28,30-31,33-34,36-37,39,48H,6-7,9,11-13,15,17-19,24,26,29,32,35,38,40-47H2,1-5H3/p+1/b10-8+,16-14+,22-20+,23-21+,27-25+,30-28+,33-31+,36-34+,39-37+/t48-/m1/s1. The number of carbonyl (C=O) groups is 2. The molecule has 340 valence electrons. The summed E-state index contributed by atoms with van der Waals surface area (Å²) >= 11 is 0. The number of quaternary nitrogens is 1. The molecule has 2 atom stereocenters. The Labute approximate surface area is 366 Å². The smallest absolute Gasteiger partial charge is 0.462 e. The van der Waals surface area contributed by atoms with Gasteiger partial charge in [0.25, 0.3) is 0 Å². The quantitative estimate of drug-likeness (QED) is 0.0214. The lowest BCUT2D eigenvalue weighted by Gasteiger charge is -2.24. The molecule has 0 aliphatic rings. The second-order valence-electron chi connectivity index (χ2n) is 15.7. The molecule has 0 aromatic rings. The van der Waals surface area contributed by atoms with Gasteiger partial charge in [-0.15, -0.1) is 0 Å². The Hall–Kier alpha value is -3.33. The summed E-state index contributed by atoms with van der Waals surface area (Å²) in [4.78, 5) is 35.3. The van der Waals surface area contributed by atoms with Crippen LogP contribution in [0.3, 0.4) is 0 Å². The van der Waals surface area contributed by atoms with Crippen molar-refractivity contribution >= 4 is 19.8 Å². The zero-order valence-electron chi connectivity index (χ0n) is 38.1. The highest BCUT2D eigenvalue weighted by Gasteiger charge is 2.27. The van der Waals surface area contributed by atoms with Crippen molar-refractivity contribution in [2.24, 2.45) is 0 Å². The molecule has 0 aliphatic heterocycles. The summed E-state index contributed by atoms with van der Waals surface area (Å²) in [6.45, 7) is 4.13. The SMILES string of the molecule is CC/C=C/C/C=C/C/C=C/C/C=C/C/C=C/C/C=C/CCC(=O)O[C@H](COC(=O)CCC/C=C/C/C=C/C/C=C/CCCCCCCC)COP(=O)(O)OCC[N+](C)(C)C. The fraction of sp³-hybridized carbons (Fsp3) is 0.600. The van der Waals surface area contributed by atoms with Crippen LogP contribution in [0.5, 0.6) is 0 Å². The van der Waals surface area contributed by atoms with E-state index in [4.69, 9.17) is 18.5 Å². The lowest BCUT2D eigenvalue weighted by Crippen LogP contribution is -2.37. The van der Waals surface area contributed by atoms with E-state index >= 15 is 0 Å². The third-order valence-corrected chi connectivity index (χ3v) is 9.78. The van der Waals surface area contributed by atoms with E-state index in [1.54, 1.807) is 0 Å². The summed E-state index contributed by atoms with van der Waals surface area (Å²) in [6, 6.07) is 0. The van der Waals surface area contributed by atoms with Crippen molar-refractivity contribution in [3.05, 3.63) is 109 Å². The van der Waals surface area contributed by atoms with Gasteiger partial charge in [0.1, 0.15) is 19.8 Å². The lowest BCUT2D eigenvalue weighted by molar-refractivity contribution is -0.870. The van der Waals surface area contributed by atoms with Crippen molar-refractivity contribution in [3.63, 3.8) is 0 Å². The van der Waals surface area contributed by atoms with Crippen molar-refractivity contribution < 1.29 is 42.1 Å². The third kappa shape index (κ3) is 44.2. The maximum absolute atomic E-state index is 12.7. The van der Waals surface area contributed by atoms with Gasteiger partial charge in [-0.1, -0.05) is 155 Å². The zero-order chi connectivity index (χ0) is 44.3. The molecule has 60 heavy (non-hydrogen) atoms. The van der Waals surface area contributed by atoms with Gasteiger partial charge < -0.3 is 18.9 Å². The first-order valence-corrected chi connectivity index (χ1v) is 24.1. The number of phosphoric ester groups is 1. The van der Waals surface area contributed by atoms with Crippen molar-refractivity contribution in [1.29, 1.82) is 0 Å². The molecule has 0 radical (unpaired) electrons. The van der Waals surface area contributed by atoms with E-state index in [1.807, 2.05) is 33.3 Å². The molecule has 0 bridgehead atoms. The van der Waals surface area contributed by atoms with Crippen LogP contribution in [-0.4, -0.2) is 74.9 Å². The van der Waals surface area contributed by atoms with Gasteiger partial charge in [-0.2, -0.15) is 0 Å². The summed E-state index contributed by atoms with van der Waals surface area (Å²) in [6.07, 6.45) is 55.9. The second kappa shape index (κ2) is 41.0. The molecule has 9 nitrogen and oxygen atoms in total. The minimum atomic E-state index is -4.42. The minimum absolute atomic E-state index is 0.00408. The van der Waals surface area contributed by atoms with E-state index in [1.165, 1.54) is 38.5 Å². The number of esters is 2. The second-order valence-corrected chi connectivity index (χ2v) is 17.1. The number of likely N-dealkylation sites (N-methyl/N-ethyl adjacent to an activating group) is 1. The monoisotopic (exact) mass is 857 g/mol. The Balaban J connectivity index is 4.58. The van der Waals surface area contributed by atoms with Gasteiger partial charge in [0.05, 0.1) is 27.7 Å². The van der Waals surface area contributed by atoms with Crippen LogP contribution in [0.4, 0.5) is 0 Å². The molecule has 0 spiro atoms. The topological polar surface area (TPSA) is 108 Å². The van der Waals surface area contributed by atoms with Crippen molar-refractivity contribution in [3.8, 4) is 0 Å². The van der Waals surface area contributed by atoms with Gasteiger partial charge in [0, 0.05) is 12.8 Å². The predicted molar refractivity (Wildman–Crippen MR) is 251 cm³/mol. The largest absolute Gasteiger partial charge is 0.472 e. The highest BCUT2D eigenvalue weighted by Crippen LogP contribution is 2.43. The van der Waals surface area contributed by atoms with Crippen LogP contribution in [0.15, 0.2) is 109 Å². The summed E-state index contributed by atoms with van der Waals surface area (Å²) in [5, 5.41) is 0. The molecule has 0 amide bonds. The lowest BCUT2D eigenvalue weighted by atomic mass is 10.1. The average Bonchev–Trinajstić information content (AvgIpc) is 3.20. The van der Waals surface area contributed by atoms with E-state index < -0.39 is 32.5 Å². The number of ether oxygens (including phenoxy) is 2. The summed E-state index contributed by atoms with van der Waals surface area (Å²) in [5.74, 6) is -0.970. The van der Waals surface area contributed by atoms with Gasteiger partial charge in [-0.05, 0) is 83.5 Å². The van der Waals surface area contributed by atoms with Gasteiger partial charge in [0.2, 0.25) is 0 Å². The van der Waals surface area contributed by atoms with Crippen LogP contribution in [0.2, 0.25) is 0 Å². The van der Waals surface area contributed by atoms with Gasteiger partial charge in [0.15, 0.2) is 6.10 Å². The van der Waals surface area contributed by atoms with E-state index in [0.717, 1.165) is 64.2 Å². The molecule has 0 aromatic carbocycles. The normalized spacial score (nSPS) is 14.6. The van der Waals surface area contributed by atoms with Crippen LogP contribution in [0.1, 0.15) is 142 Å². The number of hydrogen-bond acceptors (Lipinski definition) is 7. The number of allylic oxidation sites excluding steroid dienone is 18. The highest BCUT2D eigenvalue weighted by atomic mass is 31.2. The Kier molecular flexibility index (Phi) is 38.8. The van der Waals surface area contributed by atoms with Gasteiger partial charge in [-0.25, -0.2) is 4.57 Å². The number of carbonyl (C=O) groups excluding carboxylic acids is 2. The molecule has 0 aliphatic carbocycles. The number of nitrogens with zero attached hydrogens (tertiary/aromatic N) is 1. The molecular formula is C50H83NO8P+. The molecule has 1 unspecified atom stereocenters. The van der Waals surface area contributed by atoms with Gasteiger partial charge >= 0.3 is 19.8 Å². The molecule has 0 rings (SSSR count). The summed E-state index contributed by atoms with van der Waals surface area (Å²) in [5.41, 5.74) is 0. The zero-order valence-corrected chi connectivity index (χ0v) is 39.0. The first kappa shape index (κ1) is 56.7. The summed E-state index contributed by atoms with van der Waals surface area (Å²) < 4.78 is 34.2. The Morgan fingerprint density at radius 2 is 0.983 bits per heavy atom. The molecule has 1 N–H and O–H groups in total. The van der Waals surface area contributed by atoms with Crippen LogP contribution in [0.25, 0.3) is 0 Å². The van der Waals surface area contributed by atoms with E-state index in [0.29, 0.717) is 23.9 Å². The van der Waals surface area contributed by atoms with Crippen LogP contribution < -0.4 is 0 Å². The minimum Gasteiger partial charge on any atom is -0.462 e. The van der Waals surface area contributed by atoms with Crippen molar-refractivity contribution in [2.45, 2.75) is 148 Å². The Morgan fingerprint density at radius 3 is 1.48 bits per heavy atom. The van der Waals surface area contributed by atoms with Crippen molar-refractivity contribution in [1.82, 2.24) is 0 Å². The Morgan fingerprint density at radius 1 is 0.533 bits per heavy atom. The van der Waals surface area contributed by atoms with Crippen molar-refractivity contribution in [2.75, 3.05) is 47.5 Å². The number of unbranched alkanes of at least 4 members (excludes halogenated alkanes) is 7. The predicted octanol–water partition coefficient (Wildman–Crippen LogP) is 13.1. The molecular weight excluding hydrogens is 774 g/mol. The first-order chi connectivity index (χ1) is 29.0. The average molecular weight is 857 g/mol. The fourth-order valence-electron chi connectivity index (χ4n) is 5.29. The highest BCUT2D eigenvalue weighted by molar-refractivity contribution is 7.47. The first-order valence-electron chi connectivity index (χ1n) is 22.6. The number of phosphoric acid groups is 1. The third-order valence-electron chi connectivity index (χ3n) is 8.80. The molecule has 0 saturated carbocycles. The van der Waals surface area contributed by atoms with E-state index in [-0.39, 0.29) is 26.1 Å². The molecule has 10 heteroatoms. The number of rotatable bonds is 39. The van der Waals surface area contributed by atoms with E-state index in [9.17, 15) is 19.0 Å².